The van der Waals surface area contributed by atoms with Crippen LogP contribution in [0.1, 0.15) is 36.4 Å². The van der Waals surface area contributed by atoms with E-state index in [4.69, 9.17) is 11.6 Å². The number of hydrogen-bond acceptors (Lipinski definition) is 4. The Morgan fingerprint density at radius 2 is 1.70 bits per heavy atom. The average molecular weight is 407 g/mol. The Hall–Kier alpha value is -2.38. The maximum absolute atomic E-state index is 12.5. The lowest BCUT2D eigenvalue weighted by Gasteiger charge is -2.29. The van der Waals surface area contributed by atoms with Crippen molar-refractivity contribution >= 4 is 50.8 Å². The van der Waals surface area contributed by atoms with E-state index in [1.165, 1.54) is 11.3 Å². The summed E-state index contributed by atoms with van der Waals surface area (Å²) in [4.78, 5) is 36.8. The van der Waals surface area contributed by atoms with Gasteiger partial charge < -0.3 is 5.11 Å². The summed E-state index contributed by atoms with van der Waals surface area (Å²) in [7, 11) is 0. The van der Waals surface area contributed by atoms with Gasteiger partial charge in [-0.1, -0.05) is 40.9 Å². The van der Waals surface area contributed by atoms with Gasteiger partial charge in [-0.25, -0.2) is 0 Å². The van der Waals surface area contributed by atoms with Crippen LogP contribution < -0.4 is 10.9 Å². The number of halogens is 1. The van der Waals surface area contributed by atoms with Crippen molar-refractivity contribution in [3.8, 4) is 0 Å². The summed E-state index contributed by atoms with van der Waals surface area (Å²) in [5.74, 6) is -3.59. The summed E-state index contributed by atoms with van der Waals surface area (Å²) >= 11 is 7.50. The van der Waals surface area contributed by atoms with Gasteiger partial charge in [0.15, 0.2) is 0 Å². The van der Waals surface area contributed by atoms with Gasteiger partial charge in [0.25, 0.3) is 5.91 Å². The first kappa shape index (κ1) is 19.4. The van der Waals surface area contributed by atoms with Crippen LogP contribution in [0.15, 0.2) is 35.4 Å². The fraction of sp³-hybridized carbons (Fsp3) is 0.316. The number of carboxylic acid groups (broad SMARTS) is 1. The van der Waals surface area contributed by atoms with E-state index in [1.807, 2.05) is 38.1 Å². The molecular formula is C19H19ClN2O4S. The van der Waals surface area contributed by atoms with Crippen molar-refractivity contribution in [2.45, 2.75) is 26.7 Å². The zero-order valence-corrected chi connectivity index (χ0v) is 16.4. The minimum atomic E-state index is -1.01. The topological polar surface area (TPSA) is 95.5 Å². The van der Waals surface area contributed by atoms with Crippen molar-refractivity contribution < 1.29 is 19.5 Å². The van der Waals surface area contributed by atoms with Gasteiger partial charge in [-0.2, -0.15) is 0 Å². The second kappa shape index (κ2) is 7.70. The zero-order valence-electron chi connectivity index (χ0n) is 14.8. The lowest BCUT2D eigenvalue weighted by Crippen LogP contribution is -2.47. The smallest absolute Gasteiger partial charge is 0.307 e. The number of carbonyl (C=O) groups is 3. The van der Waals surface area contributed by atoms with Crippen LogP contribution in [0.4, 0.5) is 0 Å². The van der Waals surface area contributed by atoms with E-state index in [2.05, 4.69) is 10.9 Å². The van der Waals surface area contributed by atoms with E-state index in [-0.39, 0.29) is 0 Å². The molecule has 1 aromatic carbocycles. The lowest BCUT2D eigenvalue weighted by atomic mass is 9.76. The minimum Gasteiger partial charge on any atom is -0.481 e. The maximum Gasteiger partial charge on any atom is 0.307 e. The van der Waals surface area contributed by atoms with Gasteiger partial charge in [0.05, 0.1) is 16.9 Å². The van der Waals surface area contributed by atoms with Gasteiger partial charge >= 0.3 is 5.97 Å². The van der Waals surface area contributed by atoms with E-state index in [1.54, 1.807) is 0 Å². The Labute approximate surface area is 165 Å². The van der Waals surface area contributed by atoms with Gasteiger partial charge in [0, 0.05) is 10.1 Å². The highest BCUT2D eigenvalue weighted by atomic mass is 35.5. The monoisotopic (exact) mass is 406 g/mol. The van der Waals surface area contributed by atoms with Gasteiger partial charge in [-0.05, 0) is 32.8 Å². The largest absolute Gasteiger partial charge is 0.481 e. The molecule has 3 rings (SSSR count). The number of hydrogen-bond donors (Lipinski definition) is 3. The van der Waals surface area contributed by atoms with E-state index in [0.717, 1.165) is 21.2 Å². The van der Waals surface area contributed by atoms with E-state index in [0.29, 0.717) is 22.7 Å². The molecule has 0 unspecified atom stereocenters. The summed E-state index contributed by atoms with van der Waals surface area (Å²) in [6.45, 7) is 3.77. The molecule has 6 nitrogen and oxygen atoms in total. The molecule has 0 fully saturated rings. The number of fused-ring (bicyclic) bond motifs is 1. The fourth-order valence-corrected chi connectivity index (χ4v) is 4.67. The Bertz CT molecular complexity index is 966. The average Bonchev–Trinajstić information content (AvgIpc) is 2.98. The molecule has 0 bridgehead atoms. The molecule has 2 atom stereocenters. The van der Waals surface area contributed by atoms with Crippen molar-refractivity contribution in [2.75, 3.05) is 0 Å². The summed E-state index contributed by atoms with van der Waals surface area (Å²) < 4.78 is 0.869. The number of hydrazine groups is 1. The maximum atomic E-state index is 12.5. The zero-order chi connectivity index (χ0) is 19.7. The predicted molar refractivity (Wildman–Crippen MR) is 105 cm³/mol. The third-order valence-electron chi connectivity index (χ3n) is 4.96. The first-order valence-corrected chi connectivity index (χ1v) is 9.64. The van der Waals surface area contributed by atoms with Crippen molar-refractivity contribution in [2.24, 2.45) is 11.8 Å². The normalized spacial score (nSPS) is 19.8. The van der Waals surface area contributed by atoms with Crippen LogP contribution in [0, 0.1) is 11.8 Å². The molecule has 2 amide bonds. The molecule has 2 aromatic rings. The Kier molecular flexibility index (Phi) is 5.53. The Balaban J connectivity index is 1.71. The molecule has 1 aliphatic rings. The van der Waals surface area contributed by atoms with Crippen molar-refractivity contribution in [3.63, 3.8) is 0 Å². The molecule has 0 aliphatic heterocycles. The first-order valence-electron chi connectivity index (χ1n) is 8.44. The molecule has 1 heterocycles. The molecule has 27 heavy (non-hydrogen) atoms. The van der Waals surface area contributed by atoms with Crippen LogP contribution in [0.3, 0.4) is 0 Å². The van der Waals surface area contributed by atoms with Gasteiger partial charge in [-0.3, -0.25) is 25.2 Å². The standard InChI is InChI=1S/C19H19ClN2O4S/c1-9-7-12(13(19(25)26)8-10(9)2)17(23)21-22-18(24)16-15(20)11-5-3-4-6-14(11)27-16/h3-6,12-13H,7-8H2,1-2H3,(H,21,23)(H,22,24)(H,25,26)/t12-,13-/m1/s1. The number of carbonyl (C=O) groups excluding carboxylic acids is 2. The number of nitrogens with one attached hydrogen (secondary N) is 2. The summed E-state index contributed by atoms with van der Waals surface area (Å²) in [5.41, 5.74) is 6.73. The molecule has 8 heteroatoms. The van der Waals surface area contributed by atoms with Crippen LogP contribution >= 0.6 is 22.9 Å². The summed E-state index contributed by atoms with van der Waals surface area (Å²) in [5, 5.41) is 10.5. The summed E-state index contributed by atoms with van der Waals surface area (Å²) in [6, 6.07) is 7.36. The third-order valence-corrected chi connectivity index (χ3v) is 6.63. The highest BCUT2D eigenvalue weighted by Gasteiger charge is 2.37. The molecule has 0 saturated carbocycles. The first-order chi connectivity index (χ1) is 12.8. The number of amides is 2. The van der Waals surface area contributed by atoms with Crippen LogP contribution in [0.2, 0.25) is 5.02 Å². The molecular weight excluding hydrogens is 388 g/mol. The molecule has 142 valence electrons. The van der Waals surface area contributed by atoms with Crippen LogP contribution in [0.5, 0.6) is 0 Å². The highest BCUT2D eigenvalue weighted by molar-refractivity contribution is 7.21. The van der Waals surface area contributed by atoms with Crippen LogP contribution in [0.25, 0.3) is 10.1 Å². The minimum absolute atomic E-state index is 0.295. The second-order valence-electron chi connectivity index (χ2n) is 6.70. The molecule has 1 aliphatic carbocycles. The molecule has 0 saturated heterocycles. The number of aliphatic carboxylic acids is 1. The summed E-state index contributed by atoms with van der Waals surface area (Å²) in [6.07, 6.45) is 0.684. The number of rotatable bonds is 3. The van der Waals surface area contributed by atoms with Gasteiger partial charge in [0.1, 0.15) is 4.88 Å². The number of carboxylic acids is 1. The number of thiophene rings is 1. The quantitative estimate of drug-likeness (QED) is 0.534. The van der Waals surface area contributed by atoms with E-state index < -0.39 is 29.6 Å². The lowest BCUT2D eigenvalue weighted by molar-refractivity contribution is -0.147. The van der Waals surface area contributed by atoms with Gasteiger partial charge in [-0.15, -0.1) is 11.3 Å². The van der Waals surface area contributed by atoms with E-state index in [9.17, 15) is 19.5 Å². The molecule has 0 spiro atoms. The van der Waals surface area contributed by atoms with E-state index >= 15 is 0 Å². The fourth-order valence-electron chi connectivity index (χ4n) is 3.26. The Morgan fingerprint density at radius 3 is 2.33 bits per heavy atom. The van der Waals surface area contributed by atoms with Crippen molar-refractivity contribution in [3.05, 3.63) is 45.3 Å². The predicted octanol–water partition coefficient (Wildman–Crippen LogP) is 3.76. The van der Waals surface area contributed by atoms with Crippen molar-refractivity contribution in [1.29, 1.82) is 0 Å². The second-order valence-corrected chi connectivity index (χ2v) is 8.13. The van der Waals surface area contributed by atoms with Crippen LogP contribution in [-0.4, -0.2) is 22.9 Å². The molecule has 0 radical (unpaired) electrons. The number of benzene rings is 1. The van der Waals surface area contributed by atoms with Crippen molar-refractivity contribution in [1.82, 2.24) is 10.9 Å². The van der Waals surface area contributed by atoms with Crippen LogP contribution in [-0.2, 0) is 9.59 Å². The SMILES string of the molecule is CC1=C(C)C[C@@H](C(=O)NNC(=O)c2sc3ccccc3c2Cl)[C@H](C(=O)O)C1. The highest BCUT2D eigenvalue weighted by Crippen LogP contribution is 2.36. The van der Waals surface area contributed by atoms with Gasteiger partial charge in [0.2, 0.25) is 5.91 Å². The third kappa shape index (κ3) is 3.84. The molecule has 3 N–H and O–H groups in total. The number of allylic oxidation sites excluding steroid dienone is 2. The molecule has 1 aromatic heterocycles. The Morgan fingerprint density at radius 1 is 1.07 bits per heavy atom.